The van der Waals surface area contributed by atoms with E-state index in [0.717, 1.165) is 23.4 Å². The van der Waals surface area contributed by atoms with Gasteiger partial charge in [0.1, 0.15) is 6.04 Å². The van der Waals surface area contributed by atoms with Crippen molar-refractivity contribution < 1.29 is 45.5 Å². The van der Waals surface area contributed by atoms with Crippen LogP contribution in [0.1, 0.15) is 24.8 Å². The molecule has 3 amide bonds. The van der Waals surface area contributed by atoms with Crippen molar-refractivity contribution in [3.63, 3.8) is 0 Å². The Morgan fingerprint density at radius 3 is 2.57 bits per heavy atom. The predicted octanol–water partition coefficient (Wildman–Crippen LogP) is 2.98. The van der Waals surface area contributed by atoms with Crippen LogP contribution in [0, 0.1) is 5.92 Å². The van der Waals surface area contributed by atoms with Gasteiger partial charge in [-0.05, 0) is 18.9 Å². The van der Waals surface area contributed by atoms with E-state index in [9.17, 15) is 40.7 Å². The number of carbonyl (C=O) groups excluding carboxylic acids is 3. The number of hydrogen-bond acceptors (Lipinski definition) is 8. The molecule has 0 spiro atoms. The Hall–Kier alpha value is -3.76. The summed E-state index contributed by atoms with van der Waals surface area (Å²) >= 11 is 0. The van der Waals surface area contributed by atoms with Crippen LogP contribution in [0.5, 0.6) is 0 Å². The molecule has 17 heteroatoms. The molecule has 0 aliphatic carbocycles. The Morgan fingerprint density at radius 1 is 1.10 bits per heavy atom. The van der Waals surface area contributed by atoms with Crippen LogP contribution in [0.25, 0.3) is 0 Å². The number of hydrogen-bond donors (Lipinski definition) is 0. The second-order valence-corrected chi connectivity index (χ2v) is 10.4. The van der Waals surface area contributed by atoms with Crippen molar-refractivity contribution in [2.45, 2.75) is 43.7 Å². The zero-order chi connectivity index (χ0) is 30.4. The summed E-state index contributed by atoms with van der Waals surface area (Å²) in [7, 11) is 1.36. The van der Waals surface area contributed by atoms with Gasteiger partial charge in [0.25, 0.3) is 11.8 Å². The van der Waals surface area contributed by atoms with E-state index in [2.05, 4.69) is 15.2 Å². The molecule has 0 bridgehead atoms. The van der Waals surface area contributed by atoms with E-state index in [0.29, 0.717) is 12.8 Å². The Bertz CT molecular complexity index is 1320. The van der Waals surface area contributed by atoms with Gasteiger partial charge in [0.05, 0.1) is 55.4 Å². The quantitative estimate of drug-likeness (QED) is 0.363. The van der Waals surface area contributed by atoms with Crippen LogP contribution >= 0.6 is 0 Å². The molecule has 0 saturated carbocycles. The van der Waals surface area contributed by atoms with E-state index in [-0.39, 0.29) is 68.9 Å². The molecule has 1 unspecified atom stereocenters. The summed E-state index contributed by atoms with van der Waals surface area (Å²) in [6.07, 6.45) is -6.69. The Kier molecular flexibility index (Phi) is 7.89. The van der Waals surface area contributed by atoms with Crippen molar-refractivity contribution in [1.82, 2.24) is 14.8 Å². The number of rotatable bonds is 6. The number of nitrogens with zero attached hydrogens (tertiary/aromatic N) is 7. The van der Waals surface area contributed by atoms with Crippen molar-refractivity contribution in [2.75, 3.05) is 56.2 Å². The molecule has 0 aromatic carbocycles. The number of alkyl halides is 6. The van der Waals surface area contributed by atoms with Gasteiger partial charge in [0.2, 0.25) is 5.91 Å². The summed E-state index contributed by atoms with van der Waals surface area (Å²) in [5.74, 6) is -4.30. The predicted molar refractivity (Wildman–Crippen MR) is 133 cm³/mol. The second-order valence-electron chi connectivity index (χ2n) is 10.4. The van der Waals surface area contributed by atoms with Gasteiger partial charge in [0.15, 0.2) is 11.7 Å². The molecule has 2 fully saturated rings. The Balaban J connectivity index is 1.15. The van der Waals surface area contributed by atoms with E-state index >= 15 is 0 Å². The fourth-order valence-corrected chi connectivity index (χ4v) is 5.72. The maximum Gasteiger partial charge on any atom is 0.417 e. The fourth-order valence-electron chi connectivity index (χ4n) is 5.72. The highest BCUT2D eigenvalue weighted by Crippen LogP contribution is 2.40. The van der Waals surface area contributed by atoms with E-state index in [4.69, 9.17) is 4.74 Å². The van der Waals surface area contributed by atoms with E-state index in [1.54, 1.807) is 4.90 Å². The van der Waals surface area contributed by atoms with Crippen LogP contribution in [0.15, 0.2) is 34.4 Å². The first-order chi connectivity index (χ1) is 19.8. The number of halogens is 6. The molecule has 3 atom stereocenters. The molecule has 2 saturated heterocycles. The molecule has 42 heavy (non-hydrogen) atoms. The number of azo groups is 1. The van der Waals surface area contributed by atoms with E-state index in [1.807, 2.05) is 0 Å². The monoisotopic (exact) mass is 603 g/mol. The number of likely N-dealkylation sites (N-methyl/N-ethyl adjacent to an activating group) is 1. The van der Waals surface area contributed by atoms with Gasteiger partial charge < -0.3 is 24.3 Å². The van der Waals surface area contributed by atoms with Crippen molar-refractivity contribution in [2.24, 2.45) is 16.1 Å². The van der Waals surface area contributed by atoms with Crippen molar-refractivity contribution in [3.8, 4) is 0 Å². The van der Waals surface area contributed by atoms with Gasteiger partial charge in [-0.3, -0.25) is 14.4 Å². The van der Waals surface area contributed by atoms with Crippen LogP contribution in [0.4, 0.5) is 37.8 Å². The number of carbonyl (C=O) groups is 3. The number of likely N-dealkylation sites (tertiary alicyclic amines) is 1. The Morgan fingerprint density at radius 2 is 1.86 bits per heavy atom. The molecular weight excluding hydrogens is 576 g/mol. The summed E-state index contributed by atoms with van der Waals surface area (Å²) in [5.41, 5.74) is -1.20. The topological polar surface area (TPSA) is 111 Å². The molecule has 4 aliphatic rings. The lowest BCUT2D eigenvalue weighted by atomic mass is 10.0. The first-order valence-corrected chi connectivity index (χ1v) is 13.2. The third-order valence-electron chi connectivity index (χ3n) is 7.85. The Labute approximate surface area is 235 Å². The molecule has 4 aliphatic heterocycles. The normalized spacial score (nSPS) is 24.6. The molecule has 0 radical (unpaired) electrons. The van der Waals surface area contributed by atoms with Crippen molar-refractivity contribution >= 4 is 29.2 Å². The number of piperazine rings is 1. The van der Waals surface area contributed by atoms with Crippen molar-refractivity contribution in [3.05, 3.63) is 29.7 Å². The highest BCUT2D eigenvalue weighted by atomic mass is 19.4. The lowest BCUT2D eigenvalue weighted by Gasteiger charge is -2.46. The van der Waals surface area contributed by atoms with Crippen LogP contribution in [0.3, 0.4) is 0 Å². The average Bonchev–Trinajstić information content (AvgIpc) is 3.40. The molecule has 0 N–H and O–H groups in total. The standard InChI is InChI=1S/C25H27F6N7O4/c1-35-16-9-14(24(26,27)28)10-32-21(16)38-7-6-36(12-18(38)23(35)41)19(39)4-8-42-13-15-3-2-5-37(15)17-11-33-34-22(40)20(17)25(29,30)31/h9-11,15,18,20H,2-8,12-13H2,1H3/t15-,18+,20?/m0/s1. The maximum atomic E-state index is 13.5. The van der Waals surface area contributed by atoms with Crippen molar-refractivity contribution in [1.29, 1.82) is 0 Å². The highest BCUT2D eigenvalue weighted by Gasteiger charge is 2.51. The van der Waals surface area contributed by atoms with Crippen LogP contribution < -0.4 is 9.80 Å². The van der Waals surface area contributed by atoms with Crippen LogP contribution in [0.2, 0.25) is 0 Å². The molecule has 5 rings (SSSR count). The number of amides is 3. The number of pyridine rings is 1. The minimum atomic E-state index is -4.81. The number of aromatic nitrogens is 1. The lowest BCUT2D eigenvalue weighted by Crippen LogP contribution is -2.63. The minimum Gasteiger partial charge on any atom is -0.379 e. The first kappa shape index (κ1) is 29.7. The zero-order valence-corrected chi connectivity index (χ0v) is 22.4. The third-order valence-corrected chi connectivity index (χ3v) is 7.85. The number of anilines is 2. The fraction of sp³-hybridized carbons (Fsp3) is 0.600. The van der Waals surface area contributed by atoms with Gasteiger partial charge in [-0.25, -0.2) is 4.98 Å². The van der Waals surface area contributed by atoms with Crippen LogP contribution in [-0.2, 0) is 25.3 Å². The van der Waals surface area contributed by atoms with Crippen LogP contribution in [-0.4, -0.2) is 97.2 Å². The smallest absolute Gasteiger partial charge is 0.379 e. The second kappa shape index (κ2) is 11.1. The molecule has 5 heterocycles. The van der Waals surface area contributed by atoms with E-state index in [1.165, 1.54) is 16.8 Å². The molecule has 1 aromatic rings. The van der Waals surface area contributed by atoms with E-state index < -0.39 is 47.7 Å². The average molecular weight is 604 g/mol. The van der Waals surface area contributed by atoms with Gasteiger partial charge in [-0.15, -0.1) is 5.11 Å². The molecule has 228 valence electrons. The van der Waals surface area contributed by atoms with Gasteiger partial charge in [0, 0.05) is 32.9 Å². The molecular formula is C25H27F6N7O4. The maximum absolute atomic E-state index is 13.5. The molecule has 1 aromatic heterocycles. The summed E-state index contributed by atoms with van der Waals surface area (Å²) in [4.78, 5) is 47.4. The molecule has 11 nitrogen and oxygen atoms in total. The highest BCUT2D eigenvalue weighted by molar-refractivity contribution is 6.05. The summed E-state index contributed by atoms with van der Waals surface area (Å²) < 4.78 is 85.8. The number of fused-ring (bicyclic) bond motifs is 3. The van der Waals surface area contributed by atoms with Gasteiger partial charge >= 0.3 is 12.4 Å². The summed E-state index contributed by atoms with van der Waals surface area (Å²) in [6, 6.07) is -0.378. The summed E-state index contributed by atoms with van der Waals surface area (Å²) in [5, 5.41) is 6.46. The SMILES string of the molecule is CN1C(=O)[C@H]2CN(C(=O)CCOC[C@@H]3CCCN3C3=CN=NC(=O)C3C(F)(F)F)CCN2c2ncc(C(F)(F)F)cc21. The third kappa shape index (κ3) is 5.65. The number of ether oxygens (including phenoxy) is 1. The minimum absolute atomic E-state index is 0.0100. The largest absolute Gasteiger partial charge is 0.417 e. The van der Waals surface area contributed by atoms with Gasteiger partial charge in [-0.2, -0.15) is 31.5 Å². The summed E-state index contributed by atoms with van der Waals surface area (Å²) in [6.45, 7) is 0.703. The first-order valence-electron chi connectivity index (χ1n) is 13.2. The zero-order valence-electron chi connectivity index (χ0n) is 22.4. The van der Waals surface area contributed by atoms with Gasteiger partial charge in [-0.1, -0.05) is 0 Å². The lowest BCUT2D eigenvalue weighted by molar-refractivity contribution is -0.177.